The Balaban J connectivity index is 4.84. The first-order valence-electron chi connectivity index (χ1n) is 5.12. The van der Waals surface area contributed by atoms with E-state index in [-0.39, 0.29) is 0 Å². The Hall–Kier alpha value is -2.02. The van der Waals surface area contributed by atoms with E-state index < -0.39 is 0 Å². The van der Waals surface area contributed by atoms with Gasteiger partial charge in [-0.2, -0.15) is 0 Å². The molecule has 0 saturated carbocycles. The minimum absolute atomic E-state index is 0.945. The Morgan fingerprint density at radius 1 is 0.875 bits per heavy atom. The van der Waals surface area contributed by atoms with Gasteiger partial charge in [-0.1, -0.05) is 50.1 Å². The quantitative estimate of drug-likeness (QED) is 0.629. The van der Waals surface area contributed by atoms with Crippen molar-refractivity contribution in [1.29, 1.82) is 0 Å². The van der Waals surface area contributed by atoms with Crippen LogP contribution in [0.4, 0.5) is 0 Å². The van der Waals surface area contributed by atoms with Gasteiger partial charge in [-0.05, 0) is 31.2 Å². The lowest BCUT2D eigenvalue weighted by Crippen LogP contribution is -2.09. The predicted molar refractivity (Wildman–Crippen MR) is 73.8 cm³/mol. The third-order valence-electron chi connectivity index (χ3n) is 1.64. The Bertz CT molecular complexity index is 352. The van der Waals surface area contributed by atoms with E-state index in [2.05, 4.69) is 25.1 Å². The van der Waals surface area contributed by atoms with Crippen LogP contribution in [-0.4, -0.2) is 0 Å². The summed E-state index contributed by atoms with van der Waals surface area (Å²) in [5, 5.41) is 3.25. The molecule has 0 unspecified atom stereocenters. The summed E-state index contributed by atoms with van der Waals surface area (Å²) in [7, 11) is 0. The molecule has 1 N–H and O–H groups in total. The van der Waals surface area contributed by atoms with Crippen LogP contribution in [0.1, 0.15) is 6.92 Å². The summed E-state index contributed by atoms with van der Waals surface area (Å²) in [5.74, 6) is 0. The molecule has 0 aliphatic rings. The van der Waals surface area contributed by atoms with Crippen LogP contribution in [0.5, 0.6) is 0 Å². The molecule has 16 heavy (non-hydrogen) atoms. The predicted octanol–water partition coefficient (Wildman–Crippen LogP) is 4.03. The number of hydrogen-bond donors (Lipinski definition) is 1. The van der Waals surface area contributed by atoms with Crippen LogP contribution in [0.25, 0.3) is 0 Å². The van der Waals surface area contributed by atoms with Crippen molar-refractivity contribution in [3.05, 3.63) is 85.8 Å². The molecule has 0 saturated heterocycles. The van der Waals surface area contributed by atoms with Crippen molar-refractivity contribution < 1.29 is 0 Å². The average Bonchev–Trinajstić information content (AvgIpc) is 2.27. The molecule has 0 aliphatic heterocycles. The van der Waals surface area contributed by atoms with Crippen LogP contribution in [-0.2, 0) is 0 Å². The fourth-order valence-corrected chi connectivity index (χ4v) is 1.05. The second kappa shape index (κ2) is 9.53. The second-order valence-electron chi connectivity index (χ2n) is 2.94. The maximum Gasteiger partial charge on any atom is 0.0383 e. The van der Waals surface area contributed by atoms with Gasteiger partial charge in [0.25, 0.3) is 0 Å². The number of rotatable bonds is 7. The van der Waals surface area contributed by atoms with Gasteiger partial charge >= 0.3 is 0 Å². The van der Waals surface area contributed by atoms with Gasteiger partial charge in [0.2, 0.25) is 0 Å². The molecular weight excluding hydrogens is 194 g/mol. The fourth-order valence-electron chi connectivity index (χ4n) is 1.05. The van der Waals surface area contributed by atoms with Gasteiger partial charge in [-0.3, -0.25) is 0 Å². The summed E-state index contributed by atoms with van der Waals surface area (Å²) < 4.78 is 0. The van der Waals surface area contributed by atoms with E-state index in [1.165, 1.54) is 0 Å². The molecule has 0 aromatic heterocycles. The zero-order valence-corrected chi connectivity index (χ0v) is 9.82. The number of nitrogens with one attached hydrogen (secondary N) is 1. The van der Waals surface area contributed by atoms with Crippen LogP contribution < -0.4 is 5.32 Å². The Kier molecular flexibility index (Phi) is 8.33. The average molecular weight is 213 g/mol. The molecule has 0 fully saturated rings. The van der Waals surface area contributed by atoms with Crippen molar-refractivity contribution in [3.63, 3.8) is 0 Å². The summed E-state index contributed by atoms with van der Waals surface area (Å²) in [5.41, 5.74) is 1.92. The highest BCUT2D eigenvalue weighted by Crippen LogP contribution is 2.01. The van der Waals surface area contributed by atoms with Gasteiger partial charge in [-0.15, -0.1) is 0 Å². The van der Waals surface area contributed by atoms with E-state index in [4.69, 9.17) is 0 Å². The minimum atomic E-state index is 0.945. The second-order valence-corrected chi connectivity index (χ2v) is 2.94. The molecule has 0 atom stereocenters. The summed E-state index contributed by atoms with van der Waals surface area (Å²) in [6.07, 6.45) is 16.7. The smallest absolute Gasteiger partial charge is 0.0383 e. The molecule has 0 heterocycles. The largest absolute Gasteiger partial charge is 0.356 e. The van der Waals surface area contributed by atoms with Crippen molar-refractivity contribution in [2.75, 3.05) is 0 Å². The summed E-state index contributed by atoms with van der Waals surface area (Å²) in [4.78, 5) is 0. The molecule has 0 bridgehead atoms. The lowest BCUT2D eigenvalue weighted by atomic mass is 10.3. The van der Waals surface area contributed by atoms with Crippen molar-refractivity contribution in [1.82, 2.24) is 5.32 Å². The van der Waals surface area contributed by atoms with Crippen LogP contribution in [0.15, 0.2) is 85.8 Å². The van der Waals surface area contributed by atoms with Crippen molar-refractivity contribution in [3.8, 4) is 0 Å². The molecule has 0 aromatic rings. The molecule has 1 heteroatoms. The lowest BCUT2D eigenvalue weighted by Gasteiger charge is -2.07. The van der Waals surface area contributed by atoms with Crippen LogP contribution in [0.2, 0.25) is 0 Å². The van der Waals surface area contributed by atoms with Gasteiger partial charge in [0.05, 0.1) is 0 Å². The standard InChI is InChI=1S/C15H19N/c1-5-9-13-15(12-8-4)16-14(10-6-2)11-7-3/h5-13,16H,1-2,4H2,3H3/b11-7-,13-9-,14-10+,15-12+. The van der Waals surface area contributed by atoms with E-state index >= 15 is 0 Å². The molecule has 0 aromatic carbocycles. The first-order chi connectivity index (χ1) is 7.78. The van der Waals surface area contributed by atoms with Crippen LogP contribution in [0.3, 0.4) is 0 Å². The zero-order chi connectivity index (χ0) is 12.2. The molecular formula is C15H19N. The Morgan fingerprint density at radius 2 is 1.44 bits per heavy atom. The zero-order valence-electron chi connectivity index (χ0n) is 9.82. The van der Waals surface area contributed by atoms with Gasteiger partial charge < -0.3 is 5.32 Å². The first kappa shape index (κ1) is 14.0. The van der Waals surface area contributed by atoms with E-state index in [0.717, 1.165) is 11.4 Å². The van der Waals surface area contributed by atoms with Crippen molar-refractivity contribution in [2.24, 2.45) is 0 Å². The number of allylic oxidation sites excluding steroid dienone is 9. The minimum Gasteiger partial charge on any atom is -0.356 e. The lowest BCUT2D eigenvalue weighted by molar-refractivity contribution is 1.04. The molecule has 0 rings (SSSR count). The van der Waals surface area contributed by atoms with Gasteiger partial charge in [0.15, 0.2) is 0 Å². The molecule has 0 spiro atoms. The van der Waals surface area contributed by atoms with E-state index in [1.54, 1.807) is 18.2 Å². The third-order valence-corrected chi connectivity index (χ3v) is 1.64. The maximum atomic E-state index is 3.67. The highest BCUT2D eigenvalue weighted by molar-refractivity contribution is 5.32. The SMILES string of the molecule is C=C/C=C\C(=C/C=C)NC(/C=C\C)=C/C=C. The maximum absolute atomic E-state index is 3.67. The van der Waals surface area contributed by atoms with Gasteiger partial charge in [0.1, 0.15) is 0 Å². The summed E-state index contributed by atoms with van der Waals surface area (Å²) in [6, 6.07) is 0. The highest BCUT2D eigenvalue weighted by atomic mass is 14.9. The topological polar surface area (TPSA) is 12.0 Å². The van der Waals surface area contributed by atoms with Crippen molar-refractivity contribution in [2.45, 2.75) is 6.92 Å². The van der Waals surface area contributed by atoms with Gasteiger partial charge in [-0.25, -0.2) is 0 Å². The van der Waals surface area contributed by atoms with Crippen LogP contribution >= 0.6 is 0 Å². The number of hydrogen-bond acceptors (Lipinski definition) is 1. The molecule has 0 aliphatic carbocycles. The van der Waals surface area contributed by atoms with E-state index in [1.807, 2.05) is 43.4 Å². The van der Waals surface area contributed by atoms with Crippen molar-refractivity contribution >= 4 is 0 Å². The Morgan fingerprint density at radius 3 is 1.88 bits per heavy atom. The summed E-state index contributed by atoms with van der Waals surface area (Å²) >= 11 is 0. The Labute approximate surface area is 98.6 Å². The summed E-state index contributed by atoms with van der Waals surface area (Å²) in [6.45, 7) is 12.9. The van der Waals surface area contributed by atoms with Crippen LogP contribution in [0, 0.1) is 0 Å². The normalized spacial score (nSPS) is 13.1. The fraction of sp³-hybridized carbons (Fsp3) is 0.0667. The molecule has 0 radical (unpaired) electrons. The van der Waals surface area contributed by atoms with E-state index in [0.29, 0.717) is 0 Å². The van der Waals surface area contributed by atoms with E-state index in [9.17, 15) is 0 Å². The monoisotopic (exact) mass is 213 g/mol. The highest BCUT2D eigenvalue weighted by Gasteiger charge is 1.92. The van der Waals surface area contributed by atoms with Gasteiger partial charge in [0, 0.05) is 11.4 Å². The third kappa shape index (κ3) is 6.44. The molecule has 0 amide bonds. The first-order valence-corrected chi connectivity index (χ1v) is 5.12. The molecule has 84 valence electrons. The molecule has 1 nitrogen and oxygen atoms in total.